The van der Waals surface area contributed by atoms with Crippen LogP contribution in [0.4, 0.5) is 131 Å². The Hall–Kier alpha value is -9.11. The molecule has 19 nitrogen and oxygen atoms in total. The minimum absolute atomic E-state index is 0.00904. The SMILES string of the molecule is CC(=O)Nc1c(Br)cccc1OC(F)(F)F.CC(=O)Nc1cc(C(F)(F)F)ccc1OC(F)(F)F.CC(=O)Nc1cc(F)ccc1OC(F)(F)F.CC(=O)Nc1ccc(Br)cc1OC(F)(F)F.CC(=O)Nc1ccc(I)cc1OC(F)(F)F.COc1cc(C)c(OC(F)(F)F)c(NC(C)=O)c1. The van der Waals surface area contributed by atoms with E-state index >= 15 is 0 Å². The first kappa shape index (κ1) is 89.9. The Morgan fingerprint density at radius 2 is 0.762 bits per heavy atom. The van der Waals surface area contributed by atoms with Crippen LogP contribution in [-0.4, -0.2) is 80.7 Å². The molecule has 0 aromatic heterocycles. The van der Waals surface area contributed by atoms with Crippen LogP contribution in [0.5, 0.6) is 40.2 Å². The van der Waals surface area contributed by atoms with Gasteiger partial charge < -0.3 is 65.1 Å². The Bertz CT molecular complexity index is 3720. The van der Waals surface area contributed by atoms with E-state index in [1.165, 1.54) is 90.3 Å². The molecule has 0 aliphatic heterocycles. The molecule has 0 bridgehead atoms. The molecule has 101 heavy (non-hydrogen) atoms. The maximum absolute atomic E-state index is 12.7. The first-order valence-electron chi connectivity index (χ1n) is 26.1. The number of carbonyl (C=O) groups excluding carboxylic acids is 6. The molecule has 44 heteroatoms. The molecule has 6 aromatic carbocycles. The summed E-state index contributed by atoms with van der Waals surface area (Å²) in [5, 5.41) is 12.9. The van der Waals surface area contributed by atoms with Crippen LogP contribution in [0.1, 0.15) is 52.7 Å². The van der Waals surface area contributed by atoms with Crippen molar-refractivity contribution in [3.63, 3.8) is 0 Å². The number of para-hydroxylation sites is 1. The number of aryl methyl sites for hydroxylation is 1. The van der Waals surface area contributed by atoms with E-state index in [1.807, 2.05) is 33.2 Å². The summed E-state index contributed by atoms with van der Waals surface area (Å²) in [4.78, 5) is 64.7. The number of benzene rings is 6. The number of nitrogens with one attached hydrogen (secondary N) is 6. The van der Waals surface area contributed by atoms with Crippen molar-refractivity contribution in [2.75, 3.05) is 39.0 Å². The maximum atomic E-state index is 12.7. The van der Waals surface area contributed by atoms with Crippen LogP contribution in [0.25, 0.3) is 0 Å². The number of hydrogen-bond acceptors (Lipinski definition) is 13. The van der Waals surface area contributed by atoms with E-state index in [0.29, 0.717) is 36.5 Å². The average molecular weight is 1730 g/mol. The van der Waals surface area contributed by atoms with Crippen LogP contribution < -0.4 is 65.1 Å². The predicted octanol–water partition coefficient (Wildman–Crippen LogP) is 18.9. The van der Waals surface area contributed by atoms with Crippen LogP contribution in [-0.2, 0) is 34.9 Å². The van der Waals surface area contributed by atoms with Gasteiger partial charge >= 0.3 is 44.4 Å². The number of hydrogen-bond donors (Lipinski definition) is 6. The Kier molecular flexibility index (Phi) is 34.4. The van der Waals surface area contributed by atoms with E-state index in [0.717, 1.165) is 44.2 Å². The van der Waals surface area contributed by atoms with Crippen molar-refractivity contribution in [2.45, 2.75) is 92.8 Å². The molecule has 0 saturated carbocycles. The fourth-order valence-electron chi connectivity index (χ4n) is 6.61. The number of alkyl halides is 21. The summed E-state index contributed by atoms with van der Waals surface area (Å²) in [6.45, 7) is 8.23. The topological polar surface area (TPSA) is 239 Å². The number of halogens is 25. The zero-order chi connectivity index (χ0) is 78.1. The molecule has 558 valence electrons. The normalized spacial score (nSPS) is 11.3. The summed E-state index contributed by atoms with van der Waals surface area (Å²) in [7, 11) is 1.37. The van der Waals surface area contributed by atoms with E-state index in [1.54, 1.807) is 6.07 Å². The first-order valence-corrected chi connectivity index (χ1v) is 28.8. The van der Waals surface area contributed by atoms with E-state index in [2.05, 4.69) is 81.5 Å². The summed E-state index contributed by atoms with van der Waals surface area (Å²) in [5.41, 5.74) is -2.26. The molecule has 6 N–H and O–H groups in total. The van der Waals surface area contributed by atoms with Gasteiger partial charge in [0.25, 0.3) is 0 Å². The third-order valence-electron chi connectivity index (χ3n) is 9.80. The van der Waals surface area contributed by atoms with Gasteiger partial charge in [-0.25, -0.2) is 4.39 Å². The lowest BCUT2D eigenvalue weighted by Crippen LogP contribution is -2.19. The minimum Gasteiger partial charge on any atom is -0.497 e. The van der Waals surface area contributed by atoms with Gasteiger partial charge in [-0.2, -0.15) is 13.2 Å². The van der Waals surface area contributed by atoms with Gasteiger partial charge in [0.1, 0.15) is 11.6 Å². The number of amides is 6. The highest BCUT2D eigenvalue weighted by atomic mass is 127. The van der Waals surface area contributed by atoms with Gasteiger partial charge in [-0.05, 0) is 136 Å². The third-order valence-corrected chi connectivity index (χ3v) is 11.6. The fourth-order valence-corrected chi connectivity index (χ4v) is 7.86. The minimum atomic E-state index is -5.08. The molecule has 6 amide bonds. The van der Waals surface area contributed by atoms with Gasteiger partial charge in [0.05, 0.1) is 46.8 Å². The maximum Gasteiger partial charge on any atom is 0.573 e. The smallest absolute Gasteiger partial charge is 0.497 e. The fraction of sp³-hybridized carbons (Fsp3) is 0.263. The first-order chi connectivity index (χ1) is 45.8. The predicted molar refractivity (Wildman–Crippen MR) is 329 cm³/mol. The molecule has 0 atom stereocenters. The summed E-state index contributed by atoms with van der Waals surface area (Å²) >= 11 is 7.88. The highest BCUT2D eigenvalue weighted by Crippen LogP contribution is 2.41. The number of methoxy groups -OCH3 is 1. The van der Waals surface area contributed by atoms with E-state index in [-0.39, 0.29) is 34.0 Å². The standard InChI is InChI=1S/C11H12F3NO3.C10H7F6NO2.2C9H7BrF3NO2.C9H7F4NO2.C9H7F3INO2/c1-6-4-8(17-3)5-9(15-7(2)16)10(6)18-11(12,13)14;1-5(18)17-7-4-6(9(11,12)13)2-3-8(7)19-10(14,15)16;1-5(15)14-7-3-2-6(10)4-8(7)16-9(11,12)13;1-5(15)14-8-6(10)3-2-4-7(8)16-9(11,12)13;1-5(15)14-7-4-6(10)2-3-8(7)16-9(11,12)13;1-5(15)14-7-3-2-6(13)4-8(7)16-9(10,11)12/h4-5H,1-3H3,(H,15,16);2-4H,1H3,(H,17,18);4*2-4H,1H3,(H,14,15). The van der Waals surface area contributed by atoms with Gasteiger partial charge in [0, 0.05) is 66.2 Å². The number of carbonyl (C=O) groups is 6. The molecule has 0 fully saturated rings. The second kappa shape index (κ2) is 38.6. The molecule has 0 aliphatic rings. The van der Waals surface area contributed by atoms with Gasteiger partial charge in [0.15, 0.2) is 34.5 Å². The lowest BCUT2D eigenvalue weighted by Gasteiger charge is -2.17. The van der Waals surface area contributed by atoms with Crippen LogP contribution in [0.3, 0.4) is 0 Å². The lowest BCUT2D eigenvalue weighted by molar-refractivity contribution is -0.275. The van der Waals surface area contributed by atoms with Crippen molar-refractivity contribution >= 4 is 124 Å². The number of ether oxygens (including phenoxy) is 7. The van der Waals surface area contributed by atoms with Crippen LogP contribution in [0.2, 0.25) is 0 Å². The third kappa shape index (κ3) is 39.5. The molecule has 0 unspecified atom stereocenters. The number of anilines is 6. The Morgan fingerprint density at radius 3 is 1.18 bits per heavy atom. The largest absolute Gasteiger partial charge is 0.573 e. The van der Waals surface area contributed by atoms with Crippen molar-refractivity contribution in [2.24, 2.45) is 0 Å². The summed E-state index contributed by atoms with van der Waals surface area (Å²) in [6, 6.07) is 18.3. The number of rotatable bonds is 13. The van der Waals surface area contributed by atoms with Crippen molar-refractivity contribution in [1.82, 2.24) is 0 Å². The molecule has 6 rings (SSSR count). The zero-order valence-electron chi connectivity index (χ0n) is 51.6. The Labute approximate surface area is 584 Å². The van der Waals surface area contributed by atoms with Gasteiger partial charge in [0.2, 0.25) is 35.4 Å². The molecule has 0 heterocycles. The van der Waals surface area contributed by atoms with Crippen LogP contribution in [0.15, 0.2) is 112 Å². The highest BCUT2D eigenvalue weighted by molar-refractivity contribution is 14.1. The van der Waals surface area contributed by atoms with Gasteiger partial charge in [-0.1, -0.05) is 22.0 Å². The monoisotopic (exact) mass is 1730 g/mol. The molecular weight excluding hydrogens is 1680 g/mol. The van der Waals surface area contributed by atoms with Gasteiger partial charge in [-0.3, -0.25) is 28.8 Å². The second-order valence-corrected chi connectivity index (χ2v) is 21.5. The van der Waals surface area contributed by atoms with Crippen molar-refractivity contribution in [3.05, 3.63) is 133 Å². The molecular formula is C57H47Br2F22IN6O13. The van der Waals surface area contributed by atoms with Crippen LogP contribution in [0, 0.1) is 16.3 Å². The molecule has 0 spiro atoms. The summed E-state index contributed by atoms with van der Waals surface area (Å²) in [6.07, 6.45) is -33.9. The zero-order valence-corrected chi connectivity index (χ0v) is 56.9. The molecule has 0 radical (unpaired) electrons. The average Bonchev–Trinajstić information content (AvgIpc) is 0.839. The molecule has 0 aliphatic carbocycles. The van der Waals surface area contributed by atoms with Crippen LogP contribution >= 0.6 is 54.5 Å². The van der Waals surface area contributed by atoms with Crippen molar-refractivity contribution in [1.29, 1.82) is 0 Å². The quantitative estimate of drug-likeness (QED) is 0.0466. The lowest BCUT2D eigenvalue weighted by atomic mass is 10.1. The Balaban J connectivity index is 0.000000607. The van der Waals surface area contributed by atoms with E-state index < -0.39 is 131 Å². The summed E-state index contributed by atoms with van der Waals surface area (Å²) in [5.74, 6) is -7.22. The Morgan fingerprint density at radius 1 is 0.386 bits per heavy atom. The van der Waals surface area contributed by atoms with E-state index in [4.69, 9.17) is 4.74 Å². The molecule has 6 aromatic rings. The van der Waals surface area contributed by atoms with Gasteiger partial charge in [-0.15, -0.1) is 79.0 Å². The van der Waals surface area contributed by atoms with E-state index in [9.17, 15) is 125 Å². The van der Waals surface area contributed by atoms with Crippen molar-refractivity contribution < 1.29 is 159 Å². The second-order valence-electron chi connectivity index (χ2n) is 18.4. The van der Waals surface area contributed by atoms with Crippen molar-refractivity contribution in [3.8, 4) is 40.2 Å². The highest BCUT2D eigenvalue weighted by Gasteiger charge is 2.38. The molecule has 0 saturated heterocycles. The summed E-state index contributed by atoms with van der Waals surface area (Å²) < 4.78 is 296.